The monoisotopic (exact) mass is 198 g/mol. The molecule has 13 heavy (non-hydrogen) atoms. The Bertz CT molecular complexity index is 232. The maximum atomic E-state index is 4.30. The zero-order chi connectivity index (χ0) is 8.23. The van der Waals surface area contributed by atoms with Gasteiger partial charge in [0.1, 0.15) is 0 Å². The van der Waals surface area contributed by atoms with Crippen LogP contribution in [0.2, 0.25) is 0 Å². The zero-order valence-corrected chi connectivity index (χ0v) is 8.39. The molecule has 0 aliphatic carbocycles. The van der Waals surface area contributed by atoms with Crippen LogP contribution in [0, 0.1) is 0 Å². The van der Waals surface area contributed by atoms with Crippen LogP contribution in [0.5, 0.6) is 0 Å². The number of pyridine rings is 1. The van der Waals surface area contributed by atoms with Gasteiger partial charge < -0.3 is 5.32 Å². The van der Waals surface area contributed by atoms with E-state index in [0.29, 0.717) is 6.04 Å². The fourth-order valence-electron chi connectivity index (χ4n) is 1.70. The van der Waals surface area contributed by atoms with Crippen LogP contribution < -0.4 is 5.32 Å². The number of hydrogen-bond donors (Lipinski definition) is 1. The lowest BCUT2D eigenvalue weighted by atomic mass is 10.1. The fourth-order valence-corrected chi connectivity index (χ4v) is 1.70. The molecule has 1 aromatic heterocycles. The summed E-state index contributed by atoms with van der Waals surface area (Å²) in [6.45, 7) is 1.18. The maximum absolute atomic E-state index is 4.30. The van der Waals surface area contributed by atoms with Gasteiger partial charge in [0.25, 0.3) is 0 Å². The van der Waals surface area contributed by atoms with Crippen molar-refractivity contribution in [3.8, 4) is 0 Å². The van der Waals surface area contributed by atoms with Crippen molar-refractivity contribution in [2.75, 3.05) is 6.54 Å². The molecule has 2 nitrogen and oxygen atoms in total. The second-order valence-corrected chi connectivity index (χ2v) is 3.32. The van der Waals surface area contributed by atoms with Gasteiger partial charge in [-0.25, -0.2) is 0 Å². The topological polar surface area (TPSA) is 24.9 Å². The first-order chi connectivity index (χ1) is 5.95. The minimum absolute atomic E-state index is 0. The van der Waals surface area contributed by atoms with Crippen molar-refractivity contribution >= 4 is 12.4 Å². The summed E-state index contributed by atoms with van der Waals surface area (Å²) in [7, 11) is 0. The van der Waals surface area contributed by atoms with E-state index in [1.54, 1.807) is 0 Å². The number of nitrogens with zero attached hydrogens (tertiary/aromatic N) is 1. The molecular formula is C10H15ClN2. The van der Waals surface area contributed by atoms with Crippen molar-refractivity contribution in [1.82, 2.24) is 10.3 Å². The Kier molecular flexibility index (Phi) is 4.19. The van der Waals surface area contributed by atoms with E-state index in [4.69, 9.17) is 0 Å². The van der Waals surface area contributed by atoms with E-state index in [1.165, 1.54) is 25.1 Å². The third kappa shape index (κ3) is 2.98. The standard InChI is InChI=1S/C10H14N2.ClH/c1-2-6-11-9(4-1)8-10-5-3-7-12-10;/h1-2,4,6,10,12H,3,5,7-8H2;1H. The van der Waals surface area contributed by atoms with Crippen LogP contribution in [-0.2, 0) is 6.42 Å². The van der Waals surface area contributed by atoms with Crippen molar-refractivity contribution in [3.63, 3.8) is 0 Å². The smallest absolute Gasteiger partial charge is 0.0419 e. The summed E-state index contributed by atoms with van der Waals surface area (Å²) in [6, 6.07) is 6.78. The lowest BCUT2D eigenvalue weighted by molar-refractivity contribution is 0.595. The predicted molar refractivity (Wildman–Crippen MR) is 56.2 cm³/mol. The van der Waals surface area contributed by atoms with E-state index in [1.807, 2.05) is 12.3 Å². The molecule has 1 N–H and O–H groups in total. The summed E-state index contributed by atoms with van der Waals surface area (Å²) >= 11 is 0. The van der Waals surface area contributed by atoms with Gasteiger partial charge in [0.15, 0.2) is 0 Å². The maximum Gasteiger partial charge on any atom is 0.0419 e. The van der Waals surface area contributed by atoms with E-state index >= 15 is 0 Å². The van der Waals surface area contributed by atoms with Gasteiger partial charge in [-0.15, -0.1) is 12.4 Å². The molecule has 0 amide bonds. The molecule has 0 saturated carbocycles. The molecular weight excluding hydrogens is 184 g/mol. The molecule has 1 aliphatic rings. The SMILES string of the molecule is Cl.c1ccc(CC2CCCN2)nc1. The third-order valence-corrected chi connectivity index (χ3v) is 2.34. The molecule has 1 aromatic rings. The minimum atomic E-state index is 0. The normalized spacial score (nSPS) is 21.1. The summed E-state index contributed by atoms with van der Waals surface area (Å²) in [6.07, 6.45) is 5.57. The lowest BCUT2D eigenvalue weighted by Crippen LogP contribution is -2.23. The molecule has 1 unspecified atom stereocenters. The van der Waals surface area contributed by atoms with Crippen molar-refractivity contribution in [1.29, 1.82) is 0 Å². The molecule has 1 atom stereocenters. The highest BCUT2D eigenvalue weighted by Gasteiger charge is 2.14. The highest BCUT2D eigenvalue weighted by Crippen LogP contribution is 2.09. The molecule has 0 bridgehead atoms. The molecule has 72 valence electrons. The van der Waals surface area contributed by atoms with Gasteiger partial charge in [-0.2, -0.15) is 0 Å². The van der Waals surface area contributed by atoms with Crippen LogP contribution >= 0.6 is 12.4 Å². The predicted octanol–water partition coefficient (Wildman–Crippen LogP) is 1.80. The van der Waals surface area contributed by atoms with E-state index in [0.717, 1.165) is 6.42 Å². The van der Waals surface area contributed by atoms with Gasteiger partial charge in [0.05, 0.1) is 0 Å². The first-order valence-electron chi connectivity index (χ1n) is 4.58. The van der Waals surface area contributed by atoms with E-state index in [-0.39, 0.29) is 12.4 Å². The molecule has 1 saturated heterocycles. The molecule has 2 rings (SSSR count). The van der Waals surface area contributed by atoms with Crippen molar-refractivity contribution in [3.05, 3.63) is 30.1 Å². The Balaban J connectivity index is 0.000000845. The summed E-state index contributed by atoms with van der Waals surface area (Å²) in [4.78, 5) is 4.30. The number of rotatable bonds is 2. The first-order valence-corrected chi connectivity index (χ1v) is 4.58. The first kappa shape index (κ1) is 10.5. The summed E-state index contributed by atoms with van der Waals surface area (Å²) in [5, 5.41) is 3.47. The van der Waals surface area contributed by atoms with Crippen LogP contribution in [0.4, 0.5) is 0 Å². The van der Waals surface area contributed by atoms with Gasteiger partial charge in [0, 0.05) is 24.4 Å². The van der Waals surface area contributed by atoms with Gasteiger partial charge in [0.2, 0.25) is 0 Å². The van der Waals surface area contributed by atoms with Crippen LogP contribution in [0.25, 0.3) is 0 Å². The Morgan fingerprint density at radius 2 is 2.38 bits per heavy atom. The minimum Gasteiger partial charge on any atom is -0.314 e. The third-order valence-electron chi connectivity index (χ3n) is 2.34. The number of aromatic nitrogens is 1. The molecule has 0 spiro atoms. The highest BCUT2D eigenvalue weighted by molar-refractivity contribution is 5.85. The van der Waals surface area contributed by atoms with E-state index in [9.17, 15) is 0 Å². The Morgan fingerprint density at radius 1 is 1.46 bits per heavy atom. The number of hydrogen-bond acceptors (Lipinski definition) is 2. The molecule has 2 heterocycles. The summed E-state index contributed by atoms with van der Waals surface area (Å²) in [5.74, 6) is 0. The average Bonchev–Trinajstić information content (AvgIpc) is 2.59. The molecule has 3 heteroatoms. The van der Waals surface area contributed by atoms with Gasteiger partial charge in [-0.3, -0.25) is 4.98 Å². The quantitative estimate of drug-likeness (QED) is 0.784. The van der Waals surface area contributed by atoms with Crippen LogP contribution in [0.1, 0.15) is 18.5 Å². The molecule has 0 radical (unpaired) electrons. The Hall–Kier alpha value is -0.600. The average molecular weight is 199 g/mol. The second-order valence-electron chi connectivity index (χ2n) is 3.32. The van der Waals surface area contributed by atoms with E-state index < -0.39 is 0 Å². The summed E-state index contributed by atoms with van der Waals surface area (Å²) in [5.41, 5.74) is 1.21. The van der Waals surface area contributed by atoms with Crippen LogP contribution in [0.3, 0.4) is 0 Å². The van der Waals surface area contributed by atoms with Crippen LogP contribution in [0.15, 0.2) is 24.4 Å². The molecule has 0 aromatic carbocycles. The fraction of sp³-hybridized carbons (Fsp3) is 0.500. The van der Waals surface area contributed by atoms with Gasteiger partial charge in [-0.05, 0) is 31.5 Å². The summed E-state index contributed by atoms with van der Waals surface area (Å²) < 4.78 is 0. The Labute approximate surface area is 85.2 Å². The van der Waals surface area contributed by atoms with Gasteiger partial charge >= 0.3 is 0 Å². The number of nitrogens with one attached hydrogen (secondary N) is 1. The van der Waals surface area contributed by atoms with Crippen molar-refractivity contribution in [2.45, 2.75) is 25.3 Å². The largest absolute Gasteiger partial charge is 0.314 e. The Morgan fingerprint density at radius 3 is 3.00 bits per heavy atom. The van der Waals surface area contributed by atoms with E-state index in [2.05, 4.69) is 22.4 Å². The number of halogens is 1. The zero-order valence-electron chi connectivity index (χ0n) is 7.57. The van der Waals surface area contributed by atoms with Crippen LogP contribution in [-0.4, -0.2) is 17.6 Å². The highest BCUT2D eigenvalue weighted by atomic mass is 35.5. The molecule has 1 aliphatic heterocycles. The van der Waals surface area contributed by atoms with Crippen molar-refractivity contribution in [2.24, 2.45) is 0 Å². The molecule has 1 fully saturated rings. The lowest BCUT2D eigenvalue weighted by Gasteiger charge is -2.08. The van der Waals surface area contributed by atoms with Gasteiger partial charge in [-0.1, -0.05) is 6.07 Å². The second kappa shape index (κ2) is 5.20. The van der Waals surface area contributed by atoms with Crippen molar-refractivity contribution < 1.29 is 0 Å².